The van der Waals surface area contributed by atoms with E-state index < -0.39 is 0 Å². The maximum absolute atomic E-state index is 12.6. The van der Waals surface area contributed by atoms with Crippen LogP contribution < -0.4 is 5.32 Å². The first-order chi connectivity index (χ1) is 9.77. The molecule has 0 spiro atoms. The van der Waals surface area contributed by atoms with Crippen molar-refractivity contribution in [3.8, 4) is 0 Å². The van der Waals surface area contributed by atoms with Gasteiger partial charge in [0.05, 0.1) is 6.04 Å². The molecule has 0 aliphatic carbocycles. The van der Waals surface area contributed by atoms with Gasteiger partial charge in [-0.05, 0) is 31.9 Å². The SMILES string of the molecule is CC(c1ccccc1)N1CCN(C2CCCNC2)C1=O.Cl. The fourth-order valence-electron chi connectivity index (χ4n) is 3.28. The zero-order valence-electron chi connectivity index (χ0n) is 12.5. The zero-order chi connectivity index (χ0) is 13.9. The Morgan fingerprint density at radius 1 is 1.24 bits per heavy atom. The number of nitrogens with one attached hydrogen (secondary N) is 1. The maximum Gasteiger partial charge on any atom is 0.320 e. The van der Waals surface area contributed by atoms with Gasteiger partial charge in [-0.3, -0.25) is 0 Å². The normalized spacial score (nSPS) is 23.9. The Balaban J connectivity index is 0.00000161. The lowest BCUT2D eigenvalue weighted by Crippen LogP contribution is -2.47. The average Bonchev–Trinajstić information content (AvgIpc) is 2.90. The lowest BCUT2D eigenvalue weighted by Gasteiger charge is -2.32. The first kappa shape index (κ1) is 16.1. The average molecular weight is 310 g/mol. The van der Waals surface area contributed by atoms with E-state index in [9.17, 15) is 4.79 Å². The van der Waals surface area contributed by atoms with Gasteiger partial charge in [-0.25, -0.2) is 4.79 Å². The first-order valence-electron chi connectivity index (χ1n) is 7.60. The van der Waals surface area contributed by atoms with Crippen LogP contribution in [0.1, 0.15) is 31.4 Å². The summed E-state index contributed by atoms with van der Waals surface area (Å²) in [5, 5.41) is 3.40. The summed E-state index contributed by atoms with van der Waals surface area (Å²) in [6, 6.07) is 11.0. The number of urea groups is 1. The van der Waals surface area contributed by atoms with Crippen LogP contribution in [0.5, 0.6) is 0 Å². The van der Waals surface area contributed by atoms with Crippen LogP contribution in [0.15, 0.2) is 30.3 Å². The second kappa shape index (κ2) is 7.14. The number of hydrogen-bond acceptors (Lipinski definition) is 2. The molecule has 2 aliphatic heterocycles. The van der Waals surface area contributed by atoms with Crippen LogP contribution in [-0.2, 0) is 0 Å². The number of halogens is 1. The van der Waals surface area contributed by atoms with Gasteiger partial charge in [-0.2, -0.15) is 0 Å². The number of benzene rings is 1. The van der Waals surface area contributed by atoms with Crippen LogP contribution in [0.4, 0.5) is 4.79 Å². The Morgan fingerprint density at radius 2 is 2.00 bits per heavy atom. The molecule has 5 heteroatoms. The number of nitrogens with zero attached hydrogens (tertiary/aromatic N) is 2. The highest BCUT2D eigenvalue weighted by molar-refractivity contribution is 5.85. The quantitative estimate of drug-likeness (QED) is 0.932. The summed E-state index contributed by atoms with van der Waals surface area (Å²) in [4.78, 5) is 16.7. The Kier molecular flexibility index (Phi) is 5.48. The summed E-state index contributed by atoms with van der Waals surface area (Å²) >= 11 is 0. The largest absolute Gasteiger partial charge is 0.320 e. The van der Waals surface area contributed by atoms with Crippen LogP contribution in [0, 0.1) is 0 Å². The third kappa shape index (κ3) is 3.33. The molecule has 1 aromatic rings. The zero-order valence-corrected chi connectivity index (χ0v) is 13.3. The summed E-state index contributed by atoms with van der Waals surface area (Å²) in [6.45, 7) is 5.85. The molecule has 2 heterocycles. The summed E-state index contributed by atoms with van der Waals surface area (Å²) in [5.74, 6) is 0. The molecule has 0 aromatic heterocycles. The first-order valence-corrected chi connectivity index (χ1v) is 7.60. The van der Waals surface area contributed by atoms with Gasteiger partial charge in [0.15, 0.2) is 0 Å². The minimum absolute atomic E-state index is 0. The molecule has 1 N–H and O–H groups in total. The van der Waals surface area contributed by atoms with E-state index >= 15 is 0 Å². The molecule has 21 heavy (non-hydrogen) atoms. The topological polar surface area (TPSA) is 35.6 Å². The third-order valence-corrected chi connectivity index (χ3v) is 4.53. The van der Waals surface area contributed by atoms with E-state index in [1.807, 2.05) is 23.1 Å². The molecule has 1 aromatic carbocycles. The smallest absolute Gasteiger partial charge is 0.319 e. The fourth-order valence-corrected chi connectivity index (χ4v) is 3.28. The molecular weight excluding hydrogens is 286 g/mol. The standard InChI is InChI=1S/C16H23N3O.ClH/c1-13(14-6-3-2-4-7-14)18-10-11-19(16(18)20)15-8-5-9-17-12-15;/h2-4,6-7,13,15,17H,5,8-12H2,1H3;1H. The number of carbonyl (C=O) groups is 1. The molecule has 2 fully saturated rings. The summed E-state index contributed by atoms with van der Waals surface area (Å²) in [6.07, 6.45) is 2.30. The fraction of sp³-hybridized carbons (Fsp3) is 0.562. The van der Waals surface area contributed by atoms with Crippen LogP contribution in [0.25, 0.3) is 0 Å². The number of amides is 2. The summed E-state index contributed by atoms with van der Waals surface area (Å²) in [5.41, 5.74) is 1.21. The van der Waals surface area contributed by atoms with E-state index in [0.717, 1.165) is 32.6 Å². The van der Waals surface area contributed by atoms with Crippen LogP contribution in [0.3, 0.4) is 0 Å². The number of piperidine rings is 1. The van der Waals surface area contributed by atoms with E-state index in [4.69, 9.17) is 0 Å². The lowest BCUT2D eigenvalue weighted by molar-refractivity contribution is 0.159. The van der Waals surface area contributed by atoms with Gasteiger partial charge in [0.1, 0.15) is 0 Å². The lowest BCUT2D eigenvalue weighted by atomic mass is 10.1. The van der Waals surface area contributed by atoms with E-state index in [1.54, 1.807) is 0 Å². The van der Waals surface area contributed by atoms with Gasteiger partial charge in [-0.1, -0.05) is 30.3 Å². The molecule has 2 amide bonds. The van der Waals surface area contributed by atoms with E-state index in [-0.39, 0.29) is 24.5 Å². The molecule has 2 aliphatic rings. The molecule has 116 valence electrons. The van der Waals surface area contributed by atoms with E-state index in [2.05, 4.69) is 29.3 Å². The van der Waals surface area contributed by atoms with E-state index in [1.165, 1.54) is 12.0 Å². The highest BCUT2D eigenvalue weighted by Gasteiger charge is 2.36. The van der Waals surface area contributed by atoms with Crippen molar-refractivity contribution in [3.63, 3.8) is 0 Å². The highest BCUT2D eigenvalue weighted by atomic mass is 35.5. The molecule has 0 radical (unpaired) electrons. The number of rotatable bonds is 3. The number of hydrogen-bond donors (Lipinski definition) is 1. The minimum Gasteiger partial charge on any atom is -0.319 e. The van der Waals surface area contributed by atoms with Crippen LogP contribution >= 0.6 is 12.4 Å². The Labute approximate surface area is 132 Å². The Bertz CT molecular complexity index is 462. The van der Waals surface area contributed by atoms with E-state index in [0.29, 0.717) is 6.04 Å². The molecule has 0 bridgehead atoms. The second-order valence-corrected chi connectivity index (χ2v) is 5.76. The summed E-state index contributed by atoms with van der Waals surface area (Å²) in [7, 11) is 0. The maximum atomic E-state index is 12.6. The molecule has 2 saturated heterocycles. The van der Waals surface area contributed by atoms with Gasteiger partial charge in [0, 0.05) is 25.7 Å². The predicted molar refractivity (Wildman–Crippen MR) is 86.8 cm³/mol. The van der Waals surface area contributed by atoms with Crippen molar-refractivity contribution in [2.24, 2.45) is 0 Å². The van der Waals surface area contributed by atoms with Gasteiger partial charge in [0.25, 0.3) is 0 Å². The van der Waals surface area contributed by atoms with Crippen molar-refractivity contribution in [3.05, 3.63) is 35.9 Å². The summed E-state index contributed by atoms with van der Waals surface area (Å²) < 4.78 is 0. The molecular formula is C16H24ClN3O. The Hall–Kier alpha value is -1.26. The van der Waals surface area contributed by atoms with Gasteiger partial charge in [-0.15, -0.1) is 12.4 Å². The van der Waals surface area contributed by atoms with Crippen LogP contribution in [-0.4, -0.2) is 48.1 Å². The second-order valence-electron chi connectivity index (χ2n) is 5.76. The predicted octanol–water partition coefficient (Wildman–Crippen LogP) is 2.66. The van der Waals surface area contributed by atoms with Crippen molar-refractivity contribution < 1.29 is 4.79 Å². The van der Waals surface area contributed by atoms with Gasteiger partial charge in [0.2, 0.25) is 0 Å². The molecule has 2 atom stereocenters. The van der Waals surface area contributed by atoms with Crippen molar-refractivity contribution >= 4 is 18.4 Å². The third-order valence-electron chi connectivity index (χ3n) is 4.53. The van der Waals surface area contributed by atoms with Gasteiger partial charge >= 0.3 is 6.03 Å². The van der Waals surface area contributed by atoms with Crippen molar-refractivity contribution in [2.75, 3.05) is 26.2 Å². The van der Waals surface area contributed by atoms with Crippen molar-refractivity contribution in [1.29, 1.82) is 0 Å². The molecule has 2 unspecified atom stereocenters. The number of carbonyl (C=O) groups excluding carboxylic acids is 1. The monoisotopic (exact) mass is 309 g/mol. The van der Waals surface area contributed by atoms with Gasteiger partial charge < -0.3 is 15.1 Å². The molecule has 0 saturated carbocycles. The Morgan fingerprint density at radius 3 is 2.67 bits per heavy atom. The highest BCUT2D eigenvalue weighted by Crippen LogP contribution is 2.26. The van der Waals surface area contributed by atoms with Crippen molar-refractivity contribution in [1.82, 2.24) is 15.1 Å². The molecule has 3 rings (SSSR count). The minimum atomic E-state index is 0. The van der Waals surface area contributed by atoms with Crippen LogP contribution in [0.2, 0.25) is 0 Å². The molecule has 4 nitrogen and oxygen atoms in total. The van der Waals surface area contributed by atoms with Crippen molar-refractivity contribution in [2.45, 2.75) is 31.8 Å².